The van der Waals surface area contributed by atoms with Crippen molar-refractivity contribution < 1.29 is 31.5 Å². The largest absolute Gasteiger partial charge is 0.483 e. The van der Waals surface area contributed by atoms with Gasteiger partial charge >= 0.3 is 0 Å². The maximum Gasteiger partial charge on any atom is 0.290 e. The lowest BCUT2D eigenvalue weighted by Crippen LogP contribution is -2.44. The van der Waals surface area contributed by atoms with E-state index < -0.39 is 32.4 Å². The van der Waals surface area contributed by atoms with E-state index in [4.69, 9.17) is 9.90 Å². The van der Waals surface area contributed by atoms with E-state index in [1.54, 1.807) is 6.07 Å². The Morgan fingerprint density at radius 3 is 2.35 bits per heavy atom. The molecule has 2 heterocycles. The molecule has 0 unspecified atom stereocenters. The molecular weight excluding hydrogens is 531 g/mol. The quantitative estimate of drug-likeness (QED) is 0.361. The maximum absolute atomic E-state index is 14.7. The van der Waals surface area contributed by atoms with Crippen molar-refractivity contribution in [1.29, 1.82) is 0 Å². The molecule has 1 fully saturated rings. The molecule has 0 spiro atoms. The number of hydrogen-bond acceptors (Lipinski definition) is 8. The lowest BCUT2D eigenvalue weighted by molar-refractivity contribution is -0.122. The molecular formula is C23H26F3N5O4S2. The first-order valence-electron chi connectivity index (χ1n) is 11.0. The molecule has 0 amide bonds. The van der Waals surface area contributed by atoms with Gasteiger partial charge in [0.25, 0.3) is 16.5 Å². The fourth-order valence-corrected chi connectivity index (χ4v) is 5.44. The van der Waals surface area contributed by atoms with Gasteiger partial charge in [0.1, 0.15) is 17.5 Å². The Hall–Kier alpha value is -3.20. The van der Waals surface area contributed by atoms with E-state index in [0.29, 0.717) is 12.1 Å². The van der Waals surface area contributed by atoms with Crippen molar-refractivity contribution in [2.24, 2.45) is 0 Å². The van der Waals surface area contributed by atoms with Crippen molar-refractivity contribution in [2.45, 2.75) is 18.0 Å². The summed E-state index contributed by atoms with van der Waals surface area (Å²) in [6.45, 7) is 3.87. The van der Waals surface area contributed by atoms with Gasteiger partial charge in [-0.15, -0.1) is 11.3 Å². The molecule has 9 nitrogen and oxygen atoms in total. The monoisotopic (exact) mass is 557 g/mol. The van der Waals surface area contributed by atoms with E-state index in [1.165, 1.54) is 17.0 Å². The highest BCUT2D eigenvalue weighted by atomic mass is 32.2. The van der Waals surface area contributed by atoms with Gasteiger partial charge in [0.2, 0.25) is 0 Å². The number of sulfonamides is 1. The molecule has 1 aliphatic heterocycles. The molecule has 0 saturated carbocycles. The lowest BCUT2D eigenvalue weighted by atomic mass is 10.1. The van der Waals surface area contributed by atoms with Crippen molar-refractivity contribution in [3.8, 4) is 0 Å². The molecule has 4 rings (SSSR count). The van der Waals surface area contributed by atoms with Gasteiger partial charge < -0.3 is 15.3 Å². The molecule has 1 aliphatic rings. The molecule has 3 aromatic rings. The van der Waals surface area contributed by atoms with Crippen LogP contribution in [-0.4, -0.2) is 68.0 Å². The molecule has 0 aliphatic carbocycles. The lowest BCUT2D eigenvalue weighted by Gasteiger charge is -2.32. The van der Waals surface area contributed by atoms with Crippen LogP contribution < -0.4 is 10.0 Å². The number of nitrogens with one attached hydrogen (secondary N) is 2. The summed E-state index contributed by atoms with van der Waals surface area (Å²) in [4.78, 5) is 15.5. The molecule has 0 atom stereocenters. The van der Waals surface area contributed by atoms with Crippen molar-refractivity contribution in [1.82, 2.24) is 14.8 Å². The van der Waals surface area contributed by atoms with Crippen LogP contribution in [0.5, 0.6) is 0 Å². The van der Waals surface area contributed by atoms with Gasteiger partial charge in [-0.3, -0.25) is 14.4 Å². The fraction of sp³-hybridized carbons (Fsp3) is 0.304. The van der Waals surface area contributed by atoms with Gasteiger partial charge in [0.05, 0.1) is 5.51 Å². The van der Waals surface area contributed by atoms with Gasteiger partial charge in [-0.1, -0.05) is 12.1 Å². The van der Waals surface area contributed by atoms with Crippen molar-refractivity contribution in [3.63, 3.8) is 0 Å². The summed E-state index contributed by atoms with van der Waals surface area (Å²) in [5.41, 5.74) is 2.56. The standard InChI is InChI=1S/C22H24F3N5O2S2.CH2O2/c1-29-5-7-30(8-6-29)12-15-3-2-4-18(23)17(15)11-26-16-9-19(24)22(20(25)10-16)34(31,32)28-21-13-33-14-27-21;2-1-3/h2-4,9-10,13-14,26,28H,5-8,11-12H2,1H3;1H,(H,2,3). The molecule has 37 heavy (non-hydrogen) atoms. The Morgan fingerprint density at radius 2 is 1.76 bits per heavy atom. The Bertz CT molecular complexity index is 1280. The fourth-order valence-electron chi connectivity index (χ4n) is 3.76. The first kappa shape index (κ1) is 28.4. The zero-order valence-electron chi connectivity index (χ0n) is 19.8. The molecule has 0 radical (unpaired) electrons. The smallest absolute Gasteiger partial charge is 0.290 e. The minimum atomic E-state index is -4.51. The molecule has 1 aromatic heterocycles. The predicted molar refractivity (Wildman–Crippen MR) is 134 cm³/mol. The average Bonchev–Trinajstić information content (AvgIpc) is 3.32. The summed E-state index contributed by atoms with van der Waals surface area (Å²) in [5.74, 6) is -2.99. The van der Waals surface area contributed by atoms with Gasteiger partial charge in [-0.25, -0.2) is 26.6 Å². The van der Waals surface area contributed by atoms with Crippen LogP contribution in [0.15, 0.2) is 46.1 Å². The van der Waals surface area contributed by atoms with E-state index in [0.717, 1.165) is 55.2 Å². The topological polar surface area (TPSA) is 115 Å². The number of nitrogens with zero attached hydrogens (tertiary/aromatic N) is 3. The second-order valence-corrected chi connectivity index (χ2v) is 10.5. The Morgan fingerprint density at radius 1 is 1.11 bits per heavy atom. The Balaban J connectivity index is 0.00000121. The van der Waals surface area contributed by atoms with Crippen molar-refractivity contribution >= 4 is 39.3 Å². The first-order chi connectivity index (χ1) is 17.6. The van der Waals surface area contributed by atoms with E-state index in [2.05, 4.69) is 27.1 Å². The number of carbonyl (C=O) groups is 1. The number of rotatable bonds is 8. The van der Waals surface area contributed by atoms with E-state index in [1.807, 2.05) is 10.8 Å². The average molecular weight is 558 g/mol. The number of anilines is 2. The number of hydrogen-bond donors (Lipinski definition) is 3. The third kappa shape index (κ3) is 7.64. The normalized spacial score (nSPS) is 14.5. The summed E-state index contributed by atoms with van der Waals surface area (Å²) in [6.07, 6.45) is 0. The number of carboxylic acid groups (broad SMARTS) is 1. The second kappa shape index (κ2) is 12.9. The highest BCUT2D eigenvalue weighted by molar-refractivity contribution is 7.92. The van der Waals surface area contributed by atoms with E-state index in [-0.39, 0.29) is 24.5 Å². The SMILES string of the molecule is CN1CCN(Cc2cccc(F)c2CNc2cc(F)c(S(=O)(=O)Nc3cscn3)c(F)c2)CC1.O=CO. The maximum atomic E-state index is 14.7. The van der Waals surface area contributed by atoms with E-state index >= 15 is 0 Å². The van der Waals surface area contributed by atoms with Crippen molar-refractivity contribution in [3.05, 3.63) is 69.8 Å². The van der Waals surface area contributed by atoms with E-state index in [9.17, 15) is 21.6 Å². The molecule has 3 N–H and O–H groups in total. The highest BCUT2D eigenvalue weighted by Gasteiger charge is 2.26. The number of thiazole rings is 1. The van der Waals surface area contributed by atoms with Gasteiger partial charge in [-0.2, -0.15) is 0 Å². The van der Waals surface area contributed by atoms with Gasteiger partial charge in [0, 0.05) is 55.9 Å². The zero-order valence-corrected chi connectivity index (χ0v) is 21.5. The van der Waals surface area contributed by atoms with Crippen LogP contribution in [0.25, 0.3) is 0 Å². The van der Waals surface area contributed by atoms with Gasteiger partial charge in [-0.05, 0) is 30.8 Å². The van der Waals surface area contributed by atoms with Crippen LogP contribution in [-0.2, 0) is 27.9 Å². The summed E-state index contributed by atoms with van der Waals surface area (Å²) in [5, 5.41) is 11.1. The minimum Gasteiger partial charge on any atom is -0.483 e. The molecule has 14 heteroatoms. The number of halogens is 3. The van der Waals surface area contributed by atoms with Crippen LogP contribution in [0.3, 0.4) is 0 Å². The third-order valence-corrected chi connectivity index (χ3v) is 7.61. The number of piperazine rings is 1. The number of benzene rings is 2. The van der Waals surface area contributed by atoms with Crippen LogP contribution in [0, 0.1) is 17.5 Å². The summed E-state index contributed by atoms with van der Waals surface area (Å²) >= 11 is 1.13. The summed E-state index contributed by atoms with van der Waals surface area (Å²) in [6, 6.07) is 6.56. The van der Waals surface area contributed by atoms with Crippen molar-refractivity contribution in [2.75, 3.05) is 43.3 Å². The van der Waals surface area contributed by atoms with Crippen LogP contribution in [0.4, 0.5) is 24.7 Å². The van der Waals surface area contributed by atoms with Crippen LogP contribution in [0.2, 0.25) is 0 Å². The number of likely N-dealkylation sites (N-methyl/N-ethyl adjacent to an activating group) is 1. The molecule has 0 bridgehead atoms. The summed E-state index contributed by atoms with van der Waals surface area (Å²) in [7, 11) is -2.46. The molecule has 2 aromatic carbocycles. The third-order valence-electron chi connectivity index (χ3n) is 5.61. The highest BCUT2D eigenvalue weighted by Crippen LogP contribution is 2.26. The van der Waals surface area contributed by atoms with Crippen LogP contribution >= 0.6 is 11.3 Å². The number of aromatic nitrogens is 1. The summed E-state index contributed by atoms with van der Waals surface area (Å²) < 4.78 is 70.8. The predicted octanol–water partition coefficient (Wildman–Crippen LogP) is 3.42. The first-order valence-corrected chi connectivity index (χ1v) is 13.5. The second-order valence-electron chi connectivity index (χ2n) is 8.16. The Labute approximate surface area is 216 Å². The molecule has 200 valence electrons. The zero-order chi connectivity index (χ0) is 27.0. The molecule has 1 saturated heterocycles. The van der Waals surface area contributed by atoms with Gasteiger partial charge in [0.15, 0.2) is 10.7 Å². The minimum absolute atomic E-state index is 0.00333. The Kier molecular flexibility index (Phi) is 9.86. The van der Waals surface area contributed by atoms with Crippen LogP contribution in [0.1, 0.15) is 11.1 Å².